The fraction of sp³-hybridized carbons (Fsp3) is 0.385. The molecule has 0 radical (unpaired) electrons. The van der Waals surface area contributed by atoms with E-state index in [4.69, 9.17) is 21.1 Å². The van der Waals surface area contributed by atoms with Crippen molar-refractivity contribution in [2.45, 2.75) is 18.7 Å². The molecule has 0 spiro atoms. The van der Waals surface area contributed by atoms with E-state index in [2.05, 4.69) is 5.18 Å². The number of hydrogen-bond acceptors (Lipinski definition) is 7. The second kappa shape index (κ2) is 8.63. The van der Waals surface area contributed by atoms with E-state index in [0.29, 0.717) is 4.90 Å². The Labute approximate surface area is 131 Å². The third-order valence-corrected chi connectivity index (χ3v) is 3.62. The number of halogens is 1. The van der Waals surface area contributed by atoms with Gasteiger partial charge >= 0.3 is 11.9 Å². The van der Waals surface area contributed by atoms with Crippen LogP contribution in [-0.2, 0) is 14.3 Å². The van der Waals surface area contributed by atoms with E-state index in [1.54, 1.807) is 13.8 Å². The average molecular weight is 332 g/mol. The summed E-state index contributed by atoms with van der Waals surface area (Å²) in [6.07, 6.45) is 0. The number of esters is 2. The zero-order valence-electron chi connectivity index (χ0n) is 11.6. The summed E-state index contributed by atoms with van der Waals surface area (Å²) in [4.78, 5) is 34.2. The van der Waals surface area contributed by atoms with Crippen molar-refractivity contribution in [3.8, 4) is 0 Å². The fourth-order valence-electron chi connectivity index (χ4n) is 1.44. The molecule has 8 heteroatoms. The summed E-state index contributed by atoms with van der Waals surface area (Å²) < 4.78 is 9.62. The van der Waals surface area contributed by atoms with Crippen molar-refractivity contribution in [1.82, 2.24) is 0 Å². The van der Waals surface area contributed by atoms with Crippen molar-refractivity contribution in [3.63, 3.8) is 0 Å². The van der Waals surface area contributed by atoms with Crippen LogP contribution < -0.4 is 0 Å². The van der Waals surface area contributed by atoms with Crippen LogP contribution in [0.2, 0.25) is 5.02 Å². The maximum absolute atomic E-state index is 11.7. The lowest BCUT2D eigenvalue weighted by Crippen LogP contribution is -2.07. The van der Waals surface area contributed by atoms with Gasteiger partial charge in [-0.25, -0.2) is 4.79 Å². The van der Waals surface area contributed by atoms with E-state index in [0.717, 1.165) is 11.8 Å². The lowest BCUT2D eigenvalue weighted by molar-refractivity contribution is -0.139. The van der Waals surface area contributed by atoms with Gasteiger partial charge in [0.05, 0.1) is 29.6 Å². The highest BCUT2D eigenvalue weighted by atomic mass is 35.5. The number of hydrogen-bond donors (Lipinski definition) is 0. The Balaban J connectivity index is 2.96. The molecule has 0 aliphatic heterocycles. The molecule has 1 aromatic rings. The minimum Gasteiger partial charge on any atom is -0.465 e. The first-order chi connectivity index (χ1) is 10.0. The van der Waals surface area contributed by atoms with E-state index in [1.807, 2.05) is 0 Å². The van der Waals surface area contributed by atoms with Gasteiger partial charge in [0.25, 0.3) is 0 Å². The summed E-state index contributed by atoms with van der Waals surface area (Å²) in [6.45, 7) is 3.83. The predicted octanol–water partition coefficient (Wildman–Crippen LogP) is 3.57. The van der Waals surface area contributed by atoms with Gasteiger partial charge in [-0.3, -0.25) is 4.79 Å². The molecule has 0 atom stereocenters. The molecule has 0 N–H and O–H groups in total. The Morgan fingerprint density at radius 3 is 2.48 bits per heavy atom. The Bertz CT molecular complexity index is 550. The van der Waals surface area contributed by atoms with E-state index in [9.17, 15) is 14.5 Å². The summed E-state index contributed by atoms with van der Waals surface area (Å²) in [5.41, 5.74) is 0.0883. The Morgan fingerprint density at radius 1 is 1.24 bits per heavy atom. The molecule has 0 aliphatic rings. The molecule has 0 bridgehead atoms. The van der Waals surface area contributed by atoms with E-state index >= 15 is 0 Å². The number of carbonyl (C=O) groups is 2. The summed E-state index contributed by atoms with van der Waals surface area (Å²) in [5.74, 6) is -1.02. The molecular formula is C13H14ClNO5S. The highest BCUT2D eigenvalue weighted by Crippen LogP contribution is 2.35. The van der Waals surface area contributed by atoms with E-state index < -0.39 is 11.9 Å². The van der Waals surface area contributed by atoms with Crippen molar-refractivity contribution < 1.29 is 19.1 Å². The first-order valence-corrected chi connectivity index (χ1v) is 7.52. The molecule has 0 aliphatic carbocycles. The Morgan fingerprint density at radius 2 is 1.90 bits per heavy atom. The highest BCUT2D eigenvalue weighted by molar-refractivity contribution is 8.00. The fourth-order valence-corrected chi connectivity index (χ4v) is 2.54. The molecule has 6 nitrogen and oxygen atoms in total. The molecule has 0 unspecified atom stereocenters. The van der Waals surface area contributed by atoms with Gasteiger partial charge in [-0.1, -0.05) is 11.6 Å². The molecule has 0 fully saturated rings. The number of ether oxygens (including phenoxy) is 2. The topological polar surface area (TPSA) is 82.0 Å². The molecule has 1 aromatic carbocycles. The van der Waals surface area contributed by atoms with Crippen LogP contribution in [-0.4, -0.2) is 30.9 Å². The summed E-state index contributed by atoms with van der Waals surface area (Å²) in [7, 11) is 0. The molecule has 0 heterocycles. The number of carbonyl (C=O) groups excluding carboxylic acids is 2. The van der Waals surface area contributed by atoms with Gasteiger partial charge in [-0.05, 0) is 31.2 Å². The molecular weight excluding hydrogens is 318 g/mol. The lowest BCUT2D eigenvalue weighted by atomic mass is 10.2. The SMILES string of the molecule is CCOC(=O)CSc1cc(Cl)c(C(=O)OCC)cc1N=O. The number of benzene rings is 1. The van der Waals surface area contributed by atoms with Crippen LogP contribution in [0.1, 0.15) is 24.2 Å². The standard InChI is InChI=1S/C13H14ClNO5S/c1-3-19-12(16)7-21-11-6-9(14)8(5-10(11)15-18)13(17)20-4-2/h5-6H,3-4,7H2,1-2H3. The number of rotatable bonds is 7. The quantitative estimate of drug-likeness (QED) is 0.431. The van der Waals surface area contributed by atoms with E-state index in [-0.39, 0.29) is 35.2 Å². The first kappa shape index (κ1) is 17.5. The third-order valence-electron chi connectivity index (χ3n) is 2.29. The highest BCUT2D eigenvalue weighted by Gasteiger charge is 2.17. The van der Waals surface area contributed by atoms with Crippen molar-refractivity contribution >= 4 is 41.0 Å². The van der Waals surface area contributed by atoms with Crippen LogP contribution >= 0.6 is 23.4 Å². The van der Waals surface area contributed by atoms with Crippen LogP contribution in [0.3, 0.4) is 0 Å². The normalized spacial score (nSPS) is 10.0. The zero-order valence-corrected chi connectivity index (χ0v) is 13.1. The van der Waals surface area contributed by atoms with Gasteiger partial charge in [-0.2, -0.15) is 0 Å². The number of nitrogens with zero attached hydrogens (tertiary/aromatic N) is 1. The third kappa shape index (κ3) is 5.02. The van der Waals surface area contributed by atoms with Gasteiger partial charge in [0.15, 0.2) is 0 Å². The number of thioether (sulfide) groups is 1. The van der Waals surface area contributed by atoms with Crippen molar-refractivity contribution in [1.29, 1.82) is 0 Å². The van der Waals surface area contributed by atoms with Gasteiger partial charge in [0, 0.05) is 4.90 Å². The Kier molecular flexibility index (Phi) is 7.18. The van der Waals surface area contributed by atoms with Gasteiger partial charge in [0.1, 0.15) is 5.69 Å². The summed E-state index contributed by atoms with van der Waals surface area (Å²) >= 11 is 7.05. The second-order valence-electron chi connectivity index (χ2n) is 3.71. The van der Waals surface area contributed by atoms with Crippen molar-refractivity contribution in [2.75, 3.05) is 19.0 Å². The number of nitroso groups, excluding NO2 is 1. The van der Waals surface area contributed by atoms with Crippen molar-refractivity contribution in [2.24, 2.45) is 5.18 Å². The molecule has 114 valence electrons. The van der Waals surface area contributed by atoms with Gasteiger partial charge in [0.2, 0.25) is 0 Å². The van der Waals surface area contributed by atoms with Crippen LogP contribution in [0.25, 0.3) is 0 Å². The molecule has 0 aromatic heterocycles. The molecule has 21 heavy (non-hydrogen) atoms. The second-order valence-corrected chi connectivity index (χ2v) is 5.13. The zero-order chi connectivity index (χ0) is 15.8. The molecule has 0 saturated heterocycles. The lowest BCUT2D eigenvalue weighted by Gasteiger charge is -2.08. The first-order valence-electron chi connectivity index (χ1n) is 6.15. The van der Waals surface area contributed by atoms with Crippen LogP contribution in [0.4, 0.5) is 5.69 Å². The average Bonchev–Trinajstić information content (AvgIpc) is 2.45. The minimum atomic E-state index is -0.630. The molecule has 0 saturated carbocycles. The monoisotopic (exact) mass is 331 g/mol. The smallest absolute Gasteiger partial charge is 0.339 e. The minimum absolute atomic E-state index is 0.0193. The maximum atomic E-state index is 11.7. The van der Waals surface area contributed by atoms with Gasteiger partial charge in [-0.15, -0.1) is 16.7 Å². The maximum Gasteiger partial charge on any atom is 0.339 e. The van der Waals surface area contributed by atoms with Crippen LogP contribution in [0, 0.1) is 4.91 Å². The van der Waals surface area contributed by atoms with Crippen LogP contribution in [0.5, 0.6) is 0 Å². The van der Waals surface area contributed by atoms with E-state index in [1.165, 1.54) is 12.1 Å². The van der Waals surface area contributed by atoms with Gasteiger partial charge < -0.3 is 9.47 Å². The summed E-state index contributed by atoms with van der Waals surface area (Å²) in [6, 6.07) is 2.66. The van der Waals surface area contributed by atoms with Crippen molar-refractivity contribution in [3.05, 3.63) is 27.6 Å². The molecule has 0 amide bonds. The summed E-state index contributed by atoms with van der Waals surface area (Å²) in [5, 5.41) is 2.98. The largest absolute Gasteiger partial charge is 0.465 e. The molecule has 1 rings (SSSR count). The predicted molar refractivity (Wildman–Crippen MR) is 80.2 cm³/mol. The van der Waals surface area contributed by atoms with Crippen LogP contribution in [0.15, 0.2) is 22.2 Å². The Hall–Kier alpha value is -1.60.